The van der Waals surface area contributed by atoms with Crippen molar-refractivity contribution in [2.75, 3.05) is 0 Å². The molecule has 0 saturated heterocycles. The minimum absolute atomic E-state index is 0.381. The van der Waals surface area contributed by atoms with Crippen LogP contribution >= 0.6 is 0 Å². The Balaban J connectivity index is 2.23. The maximum absolute atomic E-state index is 11.5. The standard InChI is InChI=1S/C18H20O2/c1-14-9-11-16(12-10-14)20-17(13-19)18(2,3)15-7-5-4-6-8-15/h4-13,17H,1-3H3. The first-order chi connectivity index (χ1) is 9.54. The summed E-state index contributed by atoms with van der Waals surface area (Å²) in [6.45, 7) is 6.07. The van der Waals surface area contributed by atoms with Crippen molar-refractivity contribution in [3.8, 4) is 5.75 Å². The van der Waals surface area contributed by atoms with Gasteiger partial charge in [-0.1, -0.05) is 61.9 Å². The molecule has 0 aliphatic rings. The van der Waals surface area contributed by atoms with Gasteiger partial charge in [-0.25, -0.2) is 0 Å². The molecule has 0 heterocycles. The number of benzene rings is 2. The fourth-order valence-corrected chi connectivity index (χ4v) is 2.14. The second-order valence-electron chi connectivity index (χ2n) is 5.58. The van der Waals surface area contributed by atoms with Crippen LogP contribution in [0.3, 0.4) is 0 Å². The minimum atomic E-state index is -0.521. The first-order valence-corrected chi connectivity index (χ1v) is 6.78. The summed E-state index contributed by atoms with van der Waals surface area (Å²) < 4.78 is 5.87. The van der Waals surface area contributed by atoms with Gasteiger partial charge >= 0.3 is 0 Å². The molecule has 0 aliphatic heterocycles. The summed E-state index contributed by atoms with van der Waals surface area (Å²) in [7, 11) is 0. The Kier molecular flexibility index (Phi) is 4.23. The van der Waals surface area contributed by atoms with E-state index >= 15 is 0 Å². The van der Waals surface area contributed by atoms with Crippen LogP contribution in [0.5, 0.6) is 5.75 Å². The predicted molar refractivity (Wildman–Crippen MR) is 81.1 cm³/mol. The summed E-state index contributed by atoms with van der Waals surface area (Å²) in [5.41, 5.74) is 1.87. The third kappa shape index (κ3) is 3.08. The van der Waals surface area contributed by atoms with Gasteiger partial charge in [0.15, 0.2) is 12.4 Å². The molecule has 0 bridgehead atoms. The Morgan fingerprint density at radius 2 is 1.60 bits per heavy atom. The zero-order chi connectivity index (χ0) is 14.6. The second-order valence-corrected chi connectivity index (χ2v) is 5.58. The molecule has 0 amide bonds. The number of ether oxygens (including phenoxy) is 1. The van der Waals surface area contributed by atoms with Crippen molar-refractivity contribution >= 4 is 6.29 Å². The molecule has 2 nitrogen and oxygen atoms in total. The number of carbonyl (C=O) groups excluding carboxylic acids is 1. The third-order valence-electron chi connectivity index (χ3n) is 3.64. The lowest BCUT2D eigenvalue weighted by Crippen LogP contribution is -2.39. The van der Waals surface area contributed by atoms with Gasteiger partial charge in [-0.2, -0.15) is 0 Å². The van der Waals surface area contributed by atoms with Crippen molar-refractivity contribution in [2.24, 2.45) is 0 Å². The third-order valence-corrected chi connectivity index (χ3v) is 3.64. The molecule has 20 heavy (non-hydrogen) atoms. The second kappa shape index (κ2) is 5.91. The first kappa shape index (κ1) is 14.3. The highest BCUT2D eigenvalue weighted by molar-refractivity contribution is 5.61. The van der Waals surface area contributed by atoms with E-state index in [4.69, 9.17) is 4.74 Å². The summed E-state index contributed by atoms with van der Waals surface area (Å²) in [6.07, 6.45) is 0.361. The average molecular weight is 268 g/mol. The molecule has 0 aliphatic carbocycles. The van der Waals surface area contributed by atoms with Crippen molar-refractivity contribution in [3.05, 3.63) is 65.7 Å². The number of aryl methyl sites for hydroxylation is 1. The highest BCUT2D eigenvalue weighted by Crippen LogP contribution is 2.29. The maximum atomic E-state index is 11.5. The summed E-state index contributed by atoms with van der Waals surface area (Å²) >= 11 is 0. The van der Waals surface area contributed by atoms with Crippen molar-refractivity contribution in [2.45, 2.75) is 32.3 Å². The Hall–Kier alpha value is -2.09. The van der Waals surface area contributed by atoms with E-state index in [2.05, 4.69) is 0 Å². The number of aldehydes is 1. The molecule has 0 spiro atoms. The SMILES string of the molecule is Cc1ccc(OC(C=O)C(C)(C)c2ccccc2)cc1. The zero-order valence-electron chi connectivity index (χ0n) is 12.2. The van der Waals surface area contributed by atoms with Gasteiger partial charge in [0.05, 0.1) is 0 Å². The number of hydrogen-bond acceptors (Lipinski definition) is 2. The highest BCUT2D eigenvalue weighted by Gasteiger charge is 2.32. The molecule has 0 radical (unpaired) electrons. The molecular weight excluding hydrogens is 248 g/mol. The predicted octanol–water partition coefficient (Wildman–Crippen LogP) is 3.92. The molecule has 0 aromatic heterocycles. The van der Waals surface area contributed by atoms with E-state index in [1.165, 1.54) is 5.56 Å². The van der Waals surface area contributed by atoms with E-state index in [0.29, 0.717) is 0 Å². The molecule has 104 valence electrons. The molecular formula is C18H20O2. The molecule has 1 unspecified atom stereocenters. The zero-order valence-corrected chi connectivity index (χ0v) is 12.2. The van der Waals surface area contributed by atoms with Crippen molar-refractivity contribution < 1.29 is 9.53 Å². The lowest BCUT2D eigenvalue weighted by molar-refractivity contribution is -0.116. The van der Waals surface area contributed by atoms with Gasteiger partial charge < -0.3 is 4.74 Å². The normalized spacial score (nSPS) is 12.8. The van der Waals surface area contributed by atoms with E-state index in [1.54, 1.807) is 0 Å². The monoisotopic (exact) mass is 268 g/mol. The fraction of sp³-hybridized carbons (Fsp3) is 0.278. The van der Waals surface area contributed by atoms with Crippen molar-refractivity contribution in [1.82, 2.24) is 0 Å². The van der Waals surface area contributed by atoms with E-state index in [9.17, 15) is 4.79 Å². The number of rotatable bonds is 5. The van der Waals surface area contributed by atoms with Crippen LogP contribution in [0.15, 0.2) is 54.6 Å². The molecule has 2 aromatic rings. The molecule has 0 saturated carbocycles. The Morgan fingerprint density at radius 1 is 1.00 bits per heavy atom. The van der Waals surface area contributed by atoms with Crippen LogP contribution in [0.2, 0.25) is 0 Å². The van der Waals surface area contributed by atoms with Gasteiger partial charge in [0.25, 0.3) is 0 Å². The summed E-state index contributed by atoms with van der Waals surface area (Å²) in [4.78, 5) is 11.5. The molecule has 2 rings (SSSR count). The smallest absolute Gasteiger partial charge is 0.163 e. The van der Waals surface area contributed by atoms with Gasteiger partial charge in [-0.3, -0.25) is 4.79 Å². The molecule has 2 heteroatoms. The van der Waals surface area contributed by atoms with Crippen LogP contribution in [0, 0.1) is 6.92 Å². The van der Waals surface area contributed by atoms with E-state index in [1.807, 2.05) is 75.4 Å². The molecule has 1 atom stereocenters. The number of carbonyl (C=O) groups is 1. The van der Waals surface area contributed by atoms with Crippen molar-refractivity contribution in [3.63, 3.8) is 0 Å². The van der Waals surface area contributed by atoms with Crippen LogP contribution in [-0.4, -0.2) is 12.4 Å². The van der Waals surface area contributed by atoms with Gasteiger partial charge in [0.1, 0.15) is 5.75 Å². The average Bonchev–Trinajstić information content (AvgIpc) is 2.47. The van der Waals surface area contributed by atoms with Gasteiger partial charge in [0.2, 0.25) is 0 Å². The van der Waals surface area contributed by atoms with Crippen LogP contribution in [-0.2, 0) is 10.2 Å². The van der Waals surface area contributed by atoms with Crippen molar-refractivity contribution in [1.29, 1.82) is 0 Å². The first-order valence-electron chi connectivity index (χ1n) is 6.78. The van der Waals surface area contributed by atoms with E-state index < -0.39 is 6.10 Å². The van der Waals surface area contributed by atoms with Crippen LogP contribution in [0.4, 0.5) is 0 Å². The summed E-state index contributed by atoms with van der Waals surface area (Å²) in [5, 5.41) is 0. The van der Waals surface area contributed by atoms with E-state index in [-0.39, 0.29) is 5.41 Å². The maximum Gasteiger partial charge on any atom is 0.163 e. The van der Waals surface area contributed by atoms with Gasteiger partial charge in [-0.05, 0) is 24.6 Å². The molecule has 2 aromatic carbocycles. The molecule has 0 fully saturated rings. The number of hydrogen-bond donors (Lipinski definition) is 0. The lowest BCUT2D eigenvalue weighted by atomic mass is 9.80. The quantitative estimate of drug-likeness (QED) is 0.768. The fourth-order valence-electron chi connectivity index (χ4n) is 2.14. The van der Waals surface area contributed by atoms with E-state index in [0.717, 1.165) is 17.6 Å². The Labute approximate surface area is 120 Å². The molecule has 0 N–H and O–H groups in total. The summed E-state index contributed by atoms with van der Waals surface area (Å²) in [6, 6.07) is 17.7. The van der Waals surface area contributed by atoms with Gasteiger partial charge in [-0.15, -0.1) is 0 Å². The lowest BCUT2D eigenvalue weighted by Gasteiger charge is -2.31. The van der Waals surface area contributed by atoms with Crippen LogP contribution in [0.25, 0.3) is 0 Å². The van der Waals surface area contributed by atoms with Crippen LogP contribution in [0.1, 0.15) is 25.0 Å². The summed E-state index contributed by atoms with van der Waals surface area (Å²) in [5.74, 6) is 0.719. The Morgan fingerprint density at radius 3 is 2.15 bits per heavy atom. The van der Waals surface area contributed by atoms with Crippen LogP contribution < -0.4 is 4.74 Å². The Bertz CT molecular complexity index is 556. The largest absolute Gasteiger partial charge is 0.482 e. The van der Waals surface area contributed by atoms with Gasteiger partial charge in [0, 0.05) is 5.41 Å². The highest BCUT2D eigenvalue weighted by atomic mass is 16.5. The minimum Gasteiger partial charge on any atom is -0.482 e. The topological polar surface area (TPSA) is 26.3 Å².